The molecule has 0 saturated carbocycles. The number of rotatable bonds is 5. The topological polar surface area (TPSA) is 32.5 Å². The summed E-state index contributed by atoms with van der Waals surface area (Å²) in [5.41, 5.74) is 6.20. The smallest absolute Gasteiger partial charge is 0.130 e. The van der Waals surface area contributed by atoms with Gasteiger partial charge in [-0.05, 0) is 18.5 Å². The first-order valence-corrected chi connectivity index (χ1v) is 7.17. The summed E-state index contributed by atoms with van der Waals surface area (Å²) in [6.45, 7) is 8.21. The highest BCUT2D eigenvalue weighted by Gasteiger charge is 2.19. The van der Waals surface area contributed by atoms with Crippen LogP contribution in [0.25, 0.3) is 0 Å². The van der Waals surface area contributed by atoms with E-state index in [1.807, 2.05) is 0 Å². The quantitative estimate of drug-likeness (QED) is 0.892. The Morgan fingerprint density at radius 2 is 1.80 bits per heavy atom. The van der Waals surface area contributed by atoms with Crippen LogP contribution < -0.4 is 5.73 Å². The summed E-state index contributed by atoms with van der Waals surface area (Å²) in [7, 11) is 0. The molecule has 1 aromatic rings. The van der Waals surface area contributed by atoms with Crippen molar-refractivity contribution in [2.75, 3.05) is 39.3 Å². The molecule has 5 heteroatoms. The predicted octanol–water partition coefficient (Wildman–Crippen LogP) is 1.68. The van der Waals surface area contributed by atoms with Gasteiger partial charge in [0.15, 0.2) is 0 Å². The molecule has 1 aliphatic heterocycles. The summed E-state index contributed by atoms with van der Waals surface area (Å²) >= 11 is 0. The fourth-order valence-corrected chi connectivity index (χ4v) is 2.54. The van der Waals surface area contributed by atoms with Gasteiger partial charge in [0.25, 0.3) is 0 Å². The largest absolute Gasteiger partial charge is 0.330 e. The molecule has 112 valence electrons. The highest BCUT2D eigenvalue weighted by atomic mass is 19.1. The predicted molar refractivity (Wildman–Crippen MR) is 76.3 cm³/mol. The Hall–Kier alpha value is -1.04. The van der Waals surface area contributed by atoms with Crippen LogP contribution in [0.15, 0.2) is 18.2 Å². The molecule has 0 bridgehead atoms. The van der Waals surface area contributed by atoms with Gasteiger partial charge in [-0.3, -0.25) is 4.90 Å². The highest BCUT2D eigenvalue weighted by molar-refractivity contribution is 5.18. The lowest BCUT2D eigenvalue weighted by molar-refractivity contribution is 0.115. The second-order valence-corrected chi connectivity index (χ2v) is 5.65. The third kappa shape index (κ3) is 4.23. The van der Waals surface area contributed by atoms with Gasteiger partial charge in [0.2, 0.25) is 0 Å². The zero-order valence-electron chi connectivity index (χ0n) is 12.0. The molecule has 1 aliphatic rings. The van der Waals surface area contributed by atoms with Gasteiger partial charge in [-0.25, -0.2) is 8.78 Å². The Labute approximate surface area is 119 Å². The lowest BCUT2D eigenvalue weighted by Crippen LogP contribution is -2.47. The Bertz CT molecular complexity index is 431. The SMILES string of the molecule is CC(CN)CN1CCN(Cc2ccc(F)cc2F)CC1. The fraction of sp³-hybridized carbons (Fsp3) is 0.600. The van der Waals surface area contributed by atoms with Crippen molar-refractivity contribution < 1.29 is 8.78 Å². The van der Waals surface area contributed by atoms with Crippen molar-refractivity contribution in [1.82, 2.24) is 9.80 Å². The van der Waals surface area contributed by atoms with E-state index < -0.39 is 11.6 Å². The van der Waals surface area contributed by atoms with Crippen LogP contribution in [0.5, 0.6) is 0 Å². The van der Waals surface area contributed by atoms with Gasteiger partial charge in [0.1, 0.15) is 11.6 Å². The minimum Gasteiger partial charge on any atom is -0.330 e. The average Bonchev–Trinajstić information content (AvgIpc) is 2.44. The normalized spacial score (nSPS) is 19.2. The van der Waals surface area contributed by atoms with Gasteiger partial charge >= 0.3 is 0 Å². The average molecular weight is 283 g/mol. The van der Waals surface area contributed by atoms with E-state index in [4.69, 9.17) is 5.73 Å². The monoisotopic (exact) mass is 283 g/mol. The van der Waals surface area contributed by atoms with Crippen molar-refractivity contribution >= 4 is 0 Å². The first-order valence-electron chi connectivity index (χ1n) is 7.17. The number of nitrogens with zero attached hydrogens (tertiary/aromatic N) is 2. The molecular formula is C15H23F2N3. The van der Waals surface area contributed by atoms with E-state index in [1.165, 1.54) is 12.1 Å². The molecule has 1 saturated heterocycles. The number of nitrogens with two attached hydrogens (primary N) is 1. The van der Waals surface area contributed by atoms with E-state index in [-0.39, 0.29) is 0 Å². The molecule has 1 heterocycles. The van der Waals surface area contributed by atoms with Gasteiger partial charge < -0.3 is 10.6 Å². The maximum Gasteiger partial charge on any atom is 0.130 e. The number of hydrogen-bond donors (Lipinski definition) is 1. The Morgan fingerprint density at radius 3 is 2.40 bits per heavy atom. The molecule has 1 aromatic carbocycles. The van der Waals surface area contributed by atoms with Crippen LogP contribution in [0, 0.1) is 17.6 Å². The summed E-state index contributed by atoms with van der Waals surface area (Å²) in [6.07, 6.45) is 0. The second-order valence-electron chi connectivity index (χ2n) is 5.65. The van der Waals surface area contributed by atoms with Crippen LogP contribution in [-0.4, -0.2) is 49.1 Å². The van der Waals surface area contributed by atoms with Crippen LogP contribution in [-0.2, 0) is 6.54 Å². The molecule has 2 rings (SSSR count). The van der Waals surface area contributed by atoms with Crippen molar-refractivity contribution in [3.63, 3.8) is 0 Å². The molecule has 2 N–H and O–H groups in total. The van der Waals surface area contributed by atoms with E-state index in [0.717, 1.165) is 38.8 Å². The molecule has 1 unspecified atom stereocenters. The van der Waals surface area contributed by atoms with Crippen LogP contribution >= 0.6 is 0 Å². The van der Waals surface area contributed by atoms with Gasteiger partial charge in [-0.15, -0.1) is 0 Å². The minimum absolute atomic E-state index is 0.454. The summed E-state index contributed by atoms with van der Waals surface area (Å²) in [6, 6.07) is 3.81. The molecular weight excluding hydrogens is 260 g/mol. The molecule has 3 nitrogen and oxygen atoms in total. The van der Waals surface area contributed by atoms with E-state index >= 15 is 0 Å². The van der Waals surface area contributed by atoms with Crippen molar-refractivity contribution in [1.29, 1.82) is 0 Å². The third-order valence-corrected chi connectivity index (χ3v) is 3.85. The van der Waals surface area contributed by atoms with Crippen molar-refractivity contribution in [3.05, 3.63) is 35.4 Å². The van der Waals surface area contributed by atoms with Crippen molar-refractivity contribution in [2.45, 2.75) is 13.5 Å². The second kappa shape index (κ2) is 7.11. The molecule has 20 heavy (non-hydrogen) atoms. The number of halogens is 2. The number of hydrogen-bond acceptors (Lipinski definition) is 3. The first kappa shape index (κ1) is 15.4. The standard InChI is InChI=1S/C15H23F2N3/c1-12(9-18)10-19-4-6-20(7-5-19)11-13-2-3-14(16)8-15(13)17/h2-3,8,12H,4-7,9-11,18H2,1H3. The third-order valence-electron chi connectivity index (χ3n) is 3.85. The first-order chi connectivity index (χ1) is 9.58. The van der Waals surface area contributed by atoms with E-state index in [0.29, 0.717) is 24.6 Å². The van der Waals surface area contributed by atoms with Gasteiger partial charge in [-0.1, -0.05) is 13.0 Å². The van der Waals surface area contributed by atoms with Gasteiger partial charge in [-0.2, -0.15) is 0 Å². The summed E-state index contributed by atoms with van der Waals surface area (Å²) in [5, 5.41) is 0. The van der Waals surface area contributed by atoms with Crippen LogP contribution in [0.2, 0.25) is 0 Å². The van der Waals surface area contributed by atoms with E-state index in [2.05, 4.69) is 16.7 Å². The van der Waals surface area contributed by atoms with E-state index in [9.17, 15) is 8.78 Å². The molecule has 0 radical (unpaired) electrons. The van der Waals surface area contributed by atoms with Gasteiger partial charge in [0.05, 0.1) is 0 Å². The van der Waals surface area contributed by atoms with E-state index in [1.54, 1.807) is 0 Å². The fourth-order valence-electron chi connectivity index (χ4n) is 2.54. The zero-order chi connectivity index (χ0) is 14.5. The van der Waals surface area contributed by atoms with Crippen LogP contribution in [0.3, 0.4) is 0 Å². The van der Waals surface area contributed by atoms with Crippen molar-refractivity contribution in [3.8, 4) is 0 Å². The van der Waals surface area contributed by atoms with Gasteiger partial charge in [0, 0.05) is 50.9 Å². The summed E-state index contributed by atoms with van der Waals surface area (Å²) < 4.78 is 26.5. The summed E-state index contributed by atoms with van der Waals surface area (Å²) in [4.78, 5) is 4.61. The van der Waals surface area contributed by atoms with Crippen LogP contribution in [0.4, 0.5) is 8.78 Å². The number of benzene rings is 1. The highest BCUT2D eigenvalue weighted by Crippen LogP contribution is 2.14. The lowest BCUT2D eigenvalue weighted by atomic mass is 10.1. The molecule has 1 atom stereocenters. The Balaban J connectivity index is 1.82. The minimum atomic E-state index is -0.521. The molecule has 0 spiro atoms. The maximum absolute atomic E-state index is 13.6. The Morgan fingerprint density at radius 1 is 1.15 bits per heavy atom. The molecule has 1 fully saturated rings. The molecule has 0 aliphatic carbocycles. The molecule has 0 amide bonds. The Kier molecular flexibility index (Phi) is 5.46. The van der Waals surface area contributed by atoms with Crippen LogP contribution in [0.1, 0.15) is 12.5 Å². The number of piperazine rings is 1. The lowest BCUT2D eigenvalue weighted by Gasteiger charge is -2.35. The molecule has 0 aromatic heterocycles. The van der Waals surface area contributed by atoms with Crippen molar-refractivity contribution in [2.24, 2.45) is 11.7 Å². The summed E-state index contributed by atoms with van der Waals surface area (Å²) in [5.74, 6) is -0.466. The maximum atomic E-state index is 13.6. The zero-order valence-corrected chi connectivity index (χ0v) is 12.0.